The van der Waals surface area contributed by atoms with Gasteiger partial charge in [-0.2, -0.15) is 0 Å². The van der Waals surface area contributed by atoms with Gasteiger partial charge in [-0.1, -0.05) is 79.5 Å². The Bertz CT molecular complexity index is 1050. The van der Waals surface area contributed by atoms with Gasteiger partial charge in [0.2, 0.25) is 0 Å². The molecule has 1 N–H and O–H groups in total. The molecular weight excluding hydrogens is 392 g/mol. The number of unbranched alkanes of at least 4 members (excludes halogenated alkanes) is 2. The van der Waals surface area contributed by atoms with Gasteiger partial charge in [0.05, 0.1) is 5.36 Å². The van der Waals surface area contributed by atoms with Crippen LogP contribution >= 0.6 is 23.4 Å². The third kappa shape index (κ3) is 3.66. The molecule has 0 fully saturated rings. The van der Waals surface area contributed by atoms with Crippen molar-refractivity contribution in [1.82, 2.24) is 10.3 Å². The van der Waals surface area contributed by atoms with E-state index in [4.69, 9.17) is 21.7 Å². The summed E-state index contributed by atoms with van der Waals surface area (Å²) in [6.07, 6.45) is 2.94. The molecule has 0 bridgehead atoms. The maximum atomic E-state index is 13.0. The Kier molecular flexibility index (Phi) is 5.69. The number of amidine groups is 1. The molecule has 1 unspecified atom stereocenters. The highest BCUT2D eigenvalue weighted by Gasteiger charge is 2.35. The van der Waals surface area contributed by atoms with E-state index in [1.54, 1.807) is 16.8 Å². The zero-order valence-electron chi connectivity index (χ0n) is 15.6. The van der Waals surface area contributed by atoms with Crippen LogP contribution in [-0.4, -0.2) is 21.8 Å². The third-order valence-electron chi connectivity index (χ3n) is 4.69. The Morgan fingerprint density at radius 3 is 2.75 bits per heavy atom. The van der Waals surface area contributed by atoms with Crippen LogP contribution < -0.4 is 15.9 Å². The number of amides is 1. The molecule has 0 saturated carbocycles. The van der Waals surface area contributed by atoms with E-state index in [-0.39, 0.29) is 5.91 Å². The van der Waals surface area contributed by atoms with E-state index in [2.05, 4.69) is 12.2 Å². The number of nitrogens with zero attached hydrogens (tertiary/aromatic N) is 3. The first-order chi connectivity index (χ1) is 13.7. The first kappa shape index (κ1) is 19.0. The summed E-state index contributed by atoms with van der Waals surface area (Å²) < 4.78 is 0. The Morgan fingerprint density at radius 1 is 1.14 bits per heavy atom. The maximum Gasteiger partial charge on any atom is 0.276 e. The number of benzene rings is 2. The average molecular weight is 413 g/mol. The van der Waals surface area contributed by atoms with Gasteiger partial charge < -0.3 is 0 Å². The van der Waals surface area contributed by atoms with Crippen molar-refractivity contribution in [3.8, 4) is 0 Å². The van der Waals surface area contributed by atoms with E-state index < -0.39 is 6.17 Å². The Balaban J connectivity index is 1.79. The number of rotatable bonds is 5. The number of hydrogen-bond donors (Lipinski definition) is 1. The summed E-state index contributed by atoms with van der Waals surface area (Å²) in [4.78, 5) is 17.9. The van der Waals surface area contributed by atoms with Crippen LogP contribution in [0.2, 0.25) is 5.02 Å². The number of hydrogen-bond acceptors (Lipinski definition) is 5. The van der Waals surface area contributed by atoms with Crippen LogP contribution in [0.15, 0.2) is 58.6 Å². The van der Waals surface area contributed by atoms with E-state index in [1.165, 1.54) is 6.42 Å². The molecule has 144 valence electrons. The summed E-state index contributed by atoms with van der Waals surface area (Å²) in [6.45, 7) is 2.17. The molecule has 2 aromatic carbocycles. The SMILES string of the molecule is CCCCCSC1=NN2C(=c3ccccc3=NC2c2ccccc2Cl)C(=O)N1. The minimum Gasteiger partial charge on any atom is -0.298 e. The maximum absolute atomic E-state index is 13.0. The predicted octanol–water partition coefficient (Wildman–Crippen LogP) is 3.41. The topological polar surface area (TPSA) is 57.1 Å². The van der Waals surface area contributed by atoms with Crippen LogP contribution in [0.1, 0.15) is 37.9 Å². The summed E-state index contributed by atoms with van der Waals surface area (Å²) in [5.74, 6) is 0.757. The van der Waals surface area contributed by atoms with E-state index in [1.807, 2.05) is 48.5 Å². The van der Waals surface area contributed by atoms with Crippen LogP contribution in [-0.2, 0) is 4.79 Å². The second-order valence-corrected chi connectivity index (χ2v) is 8.14. The van der Waals surface area contributed by atoms with Gasteiger partial charge in [0.15, 0.2) is 11.3 Å². The van der Waals surface area contributed by atoms with Gasteiger partial charge in [-0.25, -0.2) is 5.01 Å². The lowest BCUT2D eigenvalue weighted by atomic mass is 10.1. The fourth-order valence-corrected chi connectivity index (χ4v) is 4.39. The summed E-state index contributed by atoms with van der Waals surface area (Å²) >= 11 is 8.02. The van der Waals surface area contributed by atoms with Crippen molar-refractivity contribution in [2.75, 3.05) is 5.75 Å². The second kappa shape index (κ2) is 8.37. The number of carbonyl (C=O) groups is 1. The van der Waals surface area contributed by atoms with Gasteiger partial charge in [-0.05, 0) is 18.6 Å². The van der Waals surface area contributed by atoms with Crippen molar-refractivity contribution < 1.29 is 4.79 Å². The average Bonchev–Trinajstić information content (AvgIpc) is 2.71. The fraction of sp³-hybridized carbons (Fsp3) is 0.286. The molecule has 0 saturated heterocycles. The molecule has 7 heteroatoms. The standard InChI is InChI=1S/C21H21ClN4OS/c1-2-3-8-13-28-21-24-20(27)18-15-10-5-7-12-17(15)23-19(26(18)25-21)14-9-4-6-11-16(14)22/h4-7,9-12,19H,2-3,8,13H2,1H3,(H,24,25,27). The largest absolute Gasteiger partial charge is 0.298 e. The quantitative estimate of drug-likeness (QED) is 0.765. The van der Waals surface area contributed by atoms with Crippen molar-refractivity contribution in [1.29, 1.82) is 0 Å². The van der Waals surface area contributed by atoms with E-state index in [0.717, 1.165) is 34.7 Å². The second-order valence-electron chi connectivity index (χ2n) is 6.65. The summed E-state index contributed by atoms with van der Waals surface area (Å²) in [5.41, 5.74) is 1.33. The molecular formula is C21H21ClN4OS. The van der Waals surface area contributed by atoms with E-state index in [9.17, 15) is 4.79 Å². The smallest absolute Gasteiger partial charge is 0.276 e. The summed E-state index contributed by atoms with van der Waals surface area (Å²) in [6, 6.07) is 15.2. The number of para-hydroxylation sites is 1. The van der Waals surface area contributed by atoms with Crippen LogP contribution in [0.25, 0.3) is 5.70 Å². The Labute approximate surface area is 173 Å². The lowest BCUT2D eigenvalue weighted by molar-refractivity contribution is -0.116. The first-order valence-electron chi connectivity index (χ1n) is 9.42. The minimum atomic E-state index is -0.476. The molecule has 0 radical (unpaired) electrons. The van der Waals surface area contributed by atoms with Gasteiger partial charge >= 0.3 is 0 Å². The number of thioether (sulfide) groups is 1. The molecule has 0 aromatic heterocycles. The highest BCUT2D eigenvalue weighted by molar-refractivity contribution is 8.13. The normalized spacial score (nSPS) is 18.0. The fourth-order valence-electron chi connectivity index (χ4n) is 3.30. The number of fused-ring (bicyclic) bond motifs is 2. The highest BCUT2D eigenvalue weighted by atomic mass is 35.5. The highest BCUT2D eigenvalue weighted by Crippen LogP contribution is 2.34. The van der Waals surface area contributed by atoms with Gasteiger partial charge in [-0.3, -0.25) is 15.1 Å². The third-order valence-corrected chi connectivity index (χ3v) is 5.98. The molecule has 1 atom stereocenters. The Hall–Kier alpha value is -2.31. The van der Waals surface area contributed by atoms with Crippen molar-refractivity contribution >= 4 is 40.1 Å². The number of halogens is 1. The Morgan fingerprint density at radius 2 is 1.93 bits per heavy atom. The number of nitrogens with one attached hydrogen (secondary N) is 1. The summed E-state index contributed by atoms with van der Waals surface area (Å²) in [5, 5.41) is 12.2. The lowest BCUT2D eigenvalue weighted by Gasteiger charge is -2.34. The van der Waals surface area contributed by atoms with Crippen molar-refractivity contribution in [2.24, 2.45) is 10.1 Å². The minimum absolute atomic E-state index is 0.160. The molecule has 1 amide bonds. The van der Waals surface area contributed by atoms with Crippen molar-refractivity contribution in [3.05, 3.63) is 69.7 Å². The summed E-state index contributed by atoms with van der Waals surface area (Å²) in [7, 11) is 0. The zero-order valence-corrected chi connectivity index (χ0v) is 17.1. The van der Waals surface area contributed by atoms with E-state index in [0.29, 0.717) is 15.9 Å². The molecule has 2 aliphatic heterocycles. The lowest BCUT2D eigenvalue weighted by Crippen LogP contribution is -2.50. The monoisotopic (exact) mass is 412 g/mol. The van der Waals surface area contributed by atoms with Gasteiger partial charge in [0, 0.05) is 21.6 Å². The van der Waals surface area contributed by atoms with Crippen molar-refractivity contribution in [2.45, 2.75) is 32.4 Å². The zero-order chi connectivity index (χ0) is 19.5. The van der Waals surface area contributed by atoms with E-state index >= 15 is 0 Å². The van der Waals surface area contributed by atoms with Crippen LogP contribution in [0, 0.1) is 0 Å². The van der Waals surface area contributed by atoms with Crippen LogP contribution in [0.5, 0.6) is 0 Å². The molecule has 0 aliphatic carbocycles. The van der Waals surface area contributed by atoms with Crippen molar-refractivity contribution in [3.63, 3.8) is 0 Å². The molecule has 2 heterocycles. The molecule has 28 heavy (non-hydrogen) atoms. The van der Waals surface area contributed by atoms with Crippen LogP contribution in [0.4, 0.5) is 0 Å². The van der Waals surface area contributed by atoms with Gasteiger partial charge in [-0.15, -0.1) is 5.10 Å². The first-order valence-corrected chi connectivity index (χ1v) is 10.8. The molecule has 4 rings (SSSR count). The molecule has 5 nitrogen and oxygen atoms in total. The number of carbonyl (C=O) groups excluding carboxylic acids is 1. The van der Waals surface area contributed by atoms with Crippen LogP contribution in [0.3, 0.4) is 0 Å². The number of hydrazone groups is 1. The van der Waals surface area contributed by atoms with Gasteiger partial charge in [0.25, 0.3) is 5.91 Å². The predicted molar refractivity (Wildman–Crippen MR) is 114 cm³/mol. The molecule has 2 aromatic rings. The molecule has 0 spiro atoms. The van der Waals surface area contributed by atoms with Gasteiger partial charge in [0.1, 0.15) is 5.70 Å². The molecule has 2 aliphatic rings.